The molecule has 6 rings (SSSR count). The van der Waals surface area contributed by atoms with Crippen LogP contribution < -0.4 is 32.0 Å². The van der Waals surface area contributed by atoms with Gasteiger partial charge in [0.2, 0.25) is 11.8 Å². The molecule has 2 heterocycles. The van der Waals surface area contributed by atoms with Crippen LogP contribution in [0, 0.1) is 34.9 Å². The molecule has 2 fully saturated rings. The molecule has 7 N–H and O–H groups in total. The topological polar surface area (TPSA) is 257 Å². The fourth-order valence-corrected chi connectivity index (χ4v) is 9.49. The number of primary amides is 1. The number of anilines is 2. The SMILES string of the molecule is CC(C)(C)OC(N)=O.CCOC(=O)COc1ccc(NC(=O)C2SCCN2C(=O)CCCc2cc(F)c(F)cc2F)cc1.CCOC(=O)COc1ccc(NC(=O)C2SCCN2C(=O)CCCc2cc(F)c(F)cc2F)cc1.Cl.N. The van der Waals surface area contributed by atoms with E-state index in [1.165, 1.54) is 33.3 Å². The number of hydrogen-bond donors (Lipinski definition) is 4. The van der Waals surface area contributed by atoms with Crippen molar-refractivity contribution in [2.45, 2.75) is 89.5 Å². The van der Waals surface area contributed by atoms with Crippen molar-refractivity contribution >= 4 is 89.0 Å². The minimum absolute atomic E-state index is 0. The second kappa shape index (κ2) is 34.3. The van der Waals surface area contributed by atoms with Gasteiger partial charge in [-0.05, 0) is 132 Å². The first-order valence-electron chi connectivity index (χ1n) is 24.4. The molecule has 0 radical (unpaired) electrons. The Balaban J connectivity index is 0.000000470. The molecule has 2 atom stereocenters. The second-order valence-corrected chi connectivity index (χ2v) is 20.2. The van der Waals surface area contributed by atoms with E-state index in [9.17, 15) is 59.9 Å². The number of thioether (sulfide) groups is 2. The van der Waals surface area contributed by atoms with E-state index >= 15 is 0 Å². The van der Waals surface area contributed by atoms with Gasteiger partial charge in [0.1, 0.15) is 28.7 Å². The smallest absolute Gasteiger partial charge is 0.405 e. The average molecular weight is 1190 g/mol. The lowest BCUT2D eigenvalue weighted by molar-refractivity contribution is -0.146. The summed E-state index contributed by atoms with van der Waals surface area (Å²) in [4.78, 5) is 86.5. The van der Waals surface area contributed by atoms with Crippen LogP contribution in [0.25, 0.3) is 0 Å². The summed E-state index contributed by atoms with van der Waals surface area (Å²) >= 11 is 2.65. The molecule has 2 unspecified atom stereocenters. The highest BCUT2D eigenvalue weighted by atomic mass is 35.5. The van der Waals surface area contributed by atoms with Gasteiger partial charge in [0.05, 0.1) is 13.2 Å². The normalized spacial score (nSPS) is 14.3. The molecule has 4 aromatic rings. The monoisotopic (exact) mass is 1190 g/mol. The van der Waals surface area contributed by atoms with Crippen LogP contribution in [0.5, 0.6) is 11.5 Å². The molecule has 0 saturated carbocycles. The Kier molecular flexibility index (Phi) is 29.7. The fourth-order valence-electron chi connectivity index (χ4n) is 7.21. The average Bonchev–Trinajstić information content (AvgIpc) is 4.09. The number of esters is 2. The van der Waals surface area contributed by atoms with Crippen molar-refractivity contribution in [3.8, 4) is 11.5 Å². The van der Waals surface area contributed by atoms with Crippen LogP contribution in [0.3, 0.4) is 0 Å². The molecule has 27 heteroatoms. The van der Waals surface area contributed by atoms with Crippen molar-refractivity contribution in [3.05, 3.63) is 119 Å². The summed E-state index contributed by atoms with van der Waals surface area (Å²) in [6.45, 7) is 9.54. The molecule has 0 aliphatic carbocycles. The third-order valence-corrected chi connectivity index (χ3v) is 13.1. The summed E-state index contributed by atoms with van der Waals surface area (Å²) in [6.07, 6.45) is -0.0657. The molecule has 440 valence electrons. The van der Waals surface area contributed by atoms with Gasteiger partial charge in [-0.2, -0.15) is 0 Å². The number of aryl methyl sites for hydroxylation is 2. The minimum Gasteiger partial charge on any atom is -0.482 e. The zero-order chi connectivity index (χ0) is 57.5. The Morgan fingerprint density at radius 1 is 0.588 bits per heavy atom. The van der Waals surface area contributed by atoms with E-state index in [1.54, 1.807) is 83.1 Å². The zero-order valence-electron chi connectivity index (χ0n) is 44.6. The summed E-state index contributed by atoms with van der Waals surface area (Å²) < 4.78 is 105. The number of nitrogens with one attached hydrogen (secondary N) is 2. The van der Waals surface area contributed by atoms with Gasteiger partial charge in [-0.1, -0.05) is 0 Å². The number of rotatable bonds is 20. The third kappa shape index (κ3) is 23.4. The molecule has 0 bridgehead atoms. The predicted molar refractivity (Wildman–Crippen MR) is 292 cm³/mol. The number of amides is 5. The van der Waals surface area contributed by atoms with Crippen molar-refractivity contribution < 1.29 is 83.6 Å². The highest BCUT2D eigenvalue weighted by Crippen LogP contribution is 2.29. The summed E-state index contributed by atoms with van der Waals surface area (Å²) in [5, 5.41) is 4.07. The number of halogens is 7. The van der Waals surface area contributed by atoms with Crippen LogP contribution in [0.15, 0.2) is 72.8 Å². The van der Waals surface area contributed by atoms with Crippen LogP contribution in [0.1, 0.15) is 71.4 Å². The maximum atomic E-state index is 13.8. The first kappa shape index (κ1) is 69.2. The molecule has 0 aromatic heterocycles. The summed E-state index contributed by atoms with van der Waals surface area (Å²) in [6, 6.07) is 15.4. The molecular formula is C53H65ClF6N6O12S2. The van der Waals surface area contributed by atoms with Crippen molar-refractivity contribution in [2.75, 3.05) is 61.7 Å². The van der Waals surface area contributed by atoms with E-state index in [-0.39, 0.29) is 118 Å². The van der Waals surface area contributed by atoms with Gasteiger partial charge in [-0.15, -0.1) is 35.9 Å². The van der Waals surface area contributed by atoms with Gasteiger partial charge < -0.3 is 56.0 Å². The van der Waals surface area contributed by atoms with Crippen molar-refractivity contribution in [2.24, 2.45) is 5.73 Å². The number of carbonyl (C=O) groups excluding carboxylic acids is 7. The summed E-state index contributed by atoms with van der Waals surface area (Å²) in [5.74, 6) is -6.74. The van der Waals surface area contributed by atoms with Gasteiger partial charge in [0.15, 0.2) is 47.2 Å². The highest BCUT2D eigenvalue weighted by molar-refractivity contribution is 8.01. The van der Waals surface area contributed by atoms with Crippen LogP contribution in [-0.4, -0.2) is 119 Å². The molecule has 18 nitrogen and oxygen atoms in total. The summed E-state index contributed by atoms with van der Waals surface area (Å²) in [7, 11) is 0. The standard InChI is InChI=1S/2C24H25F3N2O5S.C5H11NO2.ClH.H3N/c2*1-2-33-22(31)14-34-17-8-6-16(7-9-17)28-23(32)24-29(10-11-35-24)21(30)5-3-4-15-12-19(26)20(27)13-18(15)25;1-5(2,3)8-4(6)7;;/h2*6-9,12-13,24H,2-5,10-11,14H2,1H3,(H,28,32);1-3H3,(H2,6,7);1H;1H3. The Morgan fingerprint density at radius 3 is 1.25 bits per heavy atom. The van der Waals surface area contributed by atoms with E-state index < -0.39 is 69.3 Å². The quantitative estimate of drug-likeness (QED) is 0.0278. The molecule has 2 aliphatic rings. The third-order valence-electron chi connectivity index (χ3n) is 10.7. The lowest BCUT2D eigenvalue weighted by atomic mass is 10.1. The van der Waals surface area contributed by atoms with Crippen LogP contribution in [-0.2, 0) is 55.8 Å². The van der Waals surface area contributed by atoms with Gasteiger partial charge >= 0.3 is 18.0 Å². The first-order chi connectivity index (χ1) is 37.0. The molecule has 2 aliphatic heterocycles. The van der Waals surface area contributed by atoms with E-state index in [2.05, 4.69) is 15.4 Å². The molecule has 2 saturated heterocycles. The van der Waals surface area contributed by atoms with Gasteiger partial charge in [-0.3, -0.25) is 19.2 Å². The number of ether oxygens (including phenoxy) is 5. The van der Waals surface area contributed by atoms with Crippen molar-refractivity contribution in [1.82, 2.24) is 16.0 Å². The van der Waals surface area contributed by atoms with Crippen LogP contribution in [0.2, 0.25) is 0 Å². The molecular weight excluding hydrogens is 1130 g/mol. The van der Waals surface area contributed by atoms with E-state index in [0.29, 0.717) is 59.6 Å². The predicted octanol–water partition coefficient (Wildman–Crippen LogP) is 9.28. The van der Waals surface area contributed by atoms with Crippen LogP contribution >= 0.6 is 35.9 Å². The fraction of sp³-hybridized carbons (Fsp3) is 0.415. The van der Waals surface area contributed by atoms with Crippen LogP contribution in [0.4, 0.5) is 42.5 Å². The number of nitrogens with zero attached hydrogens (tertiary/aromatic N) is 2. The lowest BCUT2D eigenvalue weighted by Crippen LogP contribution is -2.42. The zero-order valence-corrected chi connectivity index (χ0v) is 47.0. The first-order valence-corrected chi connectivity index (χ1v) is 26.5. The van der Waals surface area contributed by atoms with Gasteiger partial charge in [-0.25, -0.2) is 40.7 Å². The Labute approximate surface area is 473 Å². The number of nitrogens with two attached hydrogens (primary N) is 1. The number of benzene rings is 4. The number of carbonyl (C=O) groups is 7. The maximum Gasteiger partial charge on any atom is 0.405 e. The Morgan fingerprint density at radius 2 is 0.938 bits per heavy atom. The minimum atomic E-state index is -1.26. The maximum absolute atomic E-state index is 13.8. The van der Waals surface area contributed by atoms with Crippen molar-refractivity contribution in [1.29, 1.82) is 0 Å². The second-order valence-electron chi connectivity index (χ2n) is 17.8. The molecule has 80 heavy (non-hydrogen) atoms. The van der Waals surface area contributed by atoms with E-state index in [4.69, 9.17) is 24.7 Å². The number of hydrogen-bond acceptors (Lipinski definition) is 15. The molecule has 0 spiro atoms. The summed E-state index contributed by atoms with van der Waals surface area (Å²) in [5.41, 5.74) is 5.24. The van der Waals surface area contributed by atoms with E-state index in [1.807, 2.05) is 0 Å². The Hall–Kier alpha value is -6.90. The van der Waals surface area contributed by atoms with Gasteiger partial charge in [0, 0.05) is 60.9 Å². The molecule has 4 aromatic carbocycles. The van der Waals surface area contributed by atoms with Crippen molar-refractivity contribution in [3.63, 3.8) is 0 Å². The highest BCUT2D eigenvalue weighted by Gasteiger charge is 2.36. The Bertz CT molecular complexity index is 2550. The van der Waals surface area contributed by atoms with Gasteiger partial charge in [0.25, 0.3) is 11.8 Å². The largest absolute Gasteiger partial charge is 0.482 e. The lowest BCUT2D eigenvalue weighted by Gasteiger charge is -2.23. The molecule has 5 amide bonds. The van der Waals surface area contributed by atoms with E-state index in [0.717, 1.165) is 12.1 Å².